The van der Waals surface area contributed by atoms with Gasteiger partial charge in [0.1, 0.15) is 0 Å². The fourth-order valence-corrected chi connectivity index (χ4v) is 5.14. The molecular weight excluding hydrogens is 382 g/mol. The second kappa shape index (κ2) is 5.53. The minimum Gasteiger partial charge on any atom is -0.308 e. The van der Waals surface area contributed by atoms with Gasteiger partial charge in [0.05, 0.1) is 9.83 Å². The predicted octanol–water partition coefficient (Wildman–Crippen LogP) is 5.26. The Bertz CT molecular complexity index is 445. The Balaban J connectivity index is 2.39. The van der Waals surface area contributed by atoms with E-state index in [4.69, 9.17) is 0 Å². The van der Waals surface area contributed by atoms with E-state index < -0.39 is 0 Å². The SMILES string of the molecule is CNC(c1cc(C)c(C)s1)c1cc(Br)c(Br)s1. The molecule has 2 rings (SSSR count). The Hall–Kier alpha value is 0.320. The Morgan fingerprint density at radius 1 is 1.12 bits per heavy atom. The predicted molar refractivity (Wildman–Crippen MR) is 84.4 cm³/mol. The highest BCUT2D eigenvalue weighted by atomic mass is 79.9. The van der Waals surface area contributed by atoms with Crippen molar-refractivity contribution in [1.29, 1.82) is 0 Å². The normalized spacial score (nSPS) is 13.0. The van der Waals surface area contributed by atoms with E-state index in [1.165, 1.54) is 20.2 Å². The lowest BCUT2D eigenvalue weighted by Gasteiger charge is -2.12. The standard InChI is InChI=1S/C12H13Br2NS2/c1-6-4-9(16-7(6)2)11(15-3)10-5-8(13)12(14)17-10/h4-5,11,15H,1-3H3. The quantitative estimate of drug-likeness (QED) is 0.748. The Kier molecular flexibility index (Phi) is 4.47. The van der Waals surface area contributed by atoms with Gasteiger partial charge in [0.2, 0.25) is 0 Å². The maximum atomic E-state index is 3.55. The molecule has 0 radical (unpaired) electrons. The van der Waals surface area contributed by atoms with Gasteiger partial charge in [-0.1, -0.05) is 0 Å². The molecule has 0 aliphatic rings. The van der Waals surface area contributed by atoms with Gasteiger partial charge in [-0.25, -0.2) is 0 Å². The van der Waals surface area contributed by atoms with Crippen molar-refractivity contribution in [2.75, 3.05) is 7.05 Å². The summed E-state index contributed by atoms with van der Waals surface area (Å²) in [7, 11) is 2.01. The van der Waals surface area contributed by atoms with Gasteiger partial charge in [0.25, 0.3) is 0 Å². The Morgan fingerprint density at radius 2 is 1.76 bits per heavy atom. The van der Waals surface area contributed by atoms with Crippen LogP contribution in [0.2, 0.25) is 0 Å². The lowest BCUT2D eigenvalue weighted by atomic mass is 10.2. The van der Waals surface area contributed by atoms with Crippen molar-refractivity contribution in [1.82, 2.24) is 5.32 Å². The van der Waals surface area contributed by atoms with Gasteiger partial charge in [0, 0.05) is 19.1 Å². The fourth-order valence-electron chi connectivity index (χ4n) is 1.67. The first-order chi connectivity index (χ1) is 8.02. The molecular formula is C12H13Br2NS2. The van der Waals surface area contributed by atoms with E-state index >= 15 is 0 Å². The molecule has 1 atom stereocenters. The largest absolute Gasteiger partial charge is 0.308 e. The van der Waals surface area contributed by atoms with Crippen LogP contribution in [0.5, 0.6) is 0 Å². The summed E-state index contributed by atoms with van der Waals surface area (Å²) in [4.78, 5) is 4.10. The summed E-state index contributed by atoms with van der Waals surface area (Å²) in [5, 5.41) is 3.39. The van der Waals surface area contributed by atoms with Crippen LogP contribution < -0.4 is 5.32 Å². The van der Waals surface area contributed by atoms with E-state index in [0.717, 1.165) is 8.26 Å². The summed E-state index contributed by atoms with van der Waals surface area (Å²) in [6.07, 6.45) is 0. The number of halogens is 2. The van der Waals surface area contributed by atoms with Gasteiger partial charge < -0.3 is 5.32 Å². The monoisotopic (exact) mass is 393 g/mol. The van der Waals surface area contributed by atoms with Crippen molar-refractivity contribution >= 4 is 54.5 Å². The summed E-state index contributed by atoms with van der Waals surface area (Å²) in [5.41, 5.74) is 1.37. The lowest BCUT2D eigenvalue weighted by Crippen LogP contribution is -2.15. The summed E-state index contributed by atoms with van der Waals surface area (Å²) in [6, 6.07) is 4.75. The number of hydrogen-bond acceptors (Lipinski definition) is 3. The molecule has 2 aromatic rings. The first kappa shape index (κ1) is 13.7. The molecule has 0 saturated heterocycles. The molecule has 92 valence electrons. The number of hydrogen-bond donors (Lipinski definition) is 1. The first-order valence-corrected chi connectivity index (χ1v) is 8.43. The molecule has 2 aromatic heterocycles. The van der Waals surface area contributed by atoms with Crippen molar-refractivity contribution < 1.29 is 0 Å². The van der Waals surface area contributed by atoms with E-state index in [0.29, 0.717) is 6.04 Å². The average molecular weight is 395 g/mol. The highest BCUT2D eigenvalue weighted by Crippen LogP contribution is 2.39. The van der Waals surface area contributed by atoms with Gasteiger partial charge in [0.15, 0.2) is 0 Å². The minimum atomic E-state index is 0.292. The van der Waals surface area contributed by atoms with E-state index in [1.54, 1.807) is 11.3 Å². The average Bonchev–Trinajstić information content (AvgIpc) is 2.75. The van der Waals surface area contributed by atoms with Crippen molar-refractivity contribution in [3.05, 3.63) is 40.6 Å². The van der Waals surface area contributed by atoms with Gasteiger partial charge in [-0.2, -0.15) is 0 Å². The van der Waals surface area contributed by atoms with E-state index in [1.807, 2.05) is 18.4 Å². The van der Waals surface area contributed by atoms with Gasteiger partial charge >= 0.3 is 0 Å². The highest BCUT2D eigenvalue weighted by Gasteiger charge is 2.18. The first-order valence-electron chi connectivity index (χ1n) is 5.22. The third-order valence-electron chi connectivity index (χ3n) is 2.71. The number of nitrogens with one attached hydrogen (secondary N) is 1. The van der Waals surface area contributed by atoms with Crippen LogP contribution >= 0.6 is 54.5 Å². The molecule has 0 spiro atoms. The molecule has 1 N–H and O–H groups in total. The molecule has 0 aliphatic carbocycles. The van der Waals surface area contributed by atoms with Crippen LogP contribution in [0.25, 0.3) is 0 Å². The topological polar surface area (TPSA) is 12.0 Å². The summed E-state index contributed by atoms with van der Waals surface area (Å²) in [5.74, 6) is 0. The van der Waals surface area contributed by atoms with Gasteiger partial charge in [-0.3, -0.25) is 0 Å². The summed E-state index contributed by atoms with van der Waals surface area (Å²) >= 11 is 10.7. The highest BCUT2D eigenvalue weighted by molar-refractivity contribution is 9.13. The molecule has 0 amide bonds. The molecule has 17 heavy (non-hydrogen) atoms. The smallest absolute Gasteiger partial charge is 0.0843 e. The van der Waals surface area contributed by atoms with E-state index in [-0.39, 0.29) is 0 Å². The Morgan fingerprint density at radius 3 is 2.18 bits per heavy atom. The maximum absolute atomic E-state index is 3.55. The van der Waals surface area contributed by atoms with Crippen molar-refractivity contribution in [3.8, 4) is 0 Å². The minimum absolute atomic E-state index is 0.292. The molecule has 0 aliphatic heterocycles. The molecule has 1 nitrogen and oxygen atoms in total. The third kappa shape index (κ3) is 2.84. The van der Waals surface area contributed by atoms with Crippen molar-refractivity contribution in [2.24, 2.45) is 0 Å². The summed E-state index contributed by atoms with van der Waals surface area (Å²) < 4.78 is 2.28. The van der Waals surface area contributed by atoms with Crippen LogP contribution in [0.1, 0.15) is 26.2 Å². The van der Waals surface area contributed by atoms with Gasteiger partial charge in [-0.15, -0.1) is 22.7 Å². The van der Waals surface area contributed by atoms with Crippen LogP contribution in [-0.2, 0) is 0 Å². The molecule has 0 bridgehead atoms. The van der Waals surface area contributed by atoms with Crippen molar-refractivity contribution in [3.63, 3.8) is 0 Å². The summed E-state index contributed by atoms with van der Waals surface area (Å²) in [6.45, 7) is 4.35. The second-order valence-electron chi connectivity index (χ2n) is 3.88. The van der Waals surface area contributed by atoms with Crippen LogP contribution in [0.3, 0.4) is 0 Å². The fraction of sp³-hybridized carbons (Fsp3) is 0.333. The number of aryl methyl sites for hydroxylation is 2. The molecule has 0 fully saturated rings. The van der Waals surface area contributed by atoms with Crippen LogP contribution in [0.4, 0.5) is 0 Å². The molecule has 0 aromatic carbocycles. The molecule has 2 heterocycles. The van der Waals surface area contributed by atoms with Gasteiger partial charge in [-0.05, 0) is 70.5 Å². The zero-order valence-electron chi connectivity index (χ0n) is 9.80. The van der Waals surface area contributed by atoms with E-state index in [9.17, 15) is 0 Å². The number of thiophene rings is 2. The Labute approximate surface area is 127 Å². The second-order valence-corrected chi connectivity index (χ2v) is 8.42. The molecule has 0 saturated carbocycles. The van der Waals surface area contributed by atoms with Crippen LogP contribution in [-0.4, -0.2) is 7.05 Å². The van der Waals surface area contributed by atoms with Crippen molar-refractivity contribution in [2.45, 2.75) is 19.9 Å². The van der Waals surface area contributed by atoms with E-state index in [2.05, 4.69) is 63.2 Å². The zero-order valence-corrected chi connectivity index (χ0v) is 14.6. The zero-order chi connectivity index (χ0) is 12.6. The lowest BCUT2D eigenvalue weighted by molar-refractivity contribution is 0.716. The maximum Gasteiger partial charge on any atom is 0.0843 e. The number of rotatable bonds is 3. The van der Waals surface area contributed by atoms with Crippen LogP contribution in [0.15, 0.2) is 20.4 Å². The molecule has 1 unspecified atom stereocenters. The third-order valence-corrected chi connectivity index (χ3v) is 7.25. The van der Waals surface area contributed by atoms with Crippen LogP contribution in [0, 0.1) is 13.8 Å². The molecule has 5 heteroatoms.